The summed E-state index contributed by atoms with van der Waals surface area (Å²) in [6.45, 7) is 8.92. The SMILES string of the molecule is COC(=O)[C@H](CCN(C(=O)COC(C)=O)[C@@H](c1cc(-c2cc(F)ccc2F)cn1Cc1ccccc1)C(C)(C)C)NC(=O)OCC[SiH2]C. The van der Waals surface area contributed by atoms with Crippen molar-refractivity contribution in [1.29, 1.82) is 0 Å². The summed E-state index contributed by atoms with van der Waals surface area (Å²) >= 11 is 0. The highest BCUT2D eigenvalue weighted by Crippen LogP contribution is 2.41. The number of esters is 2. The molecule has 0 radical (unpaired) electrons. The summed E-state index contributed by atoms with van der Waals surface area (Å²) < 4.78 is 46.5. The minimum absolute atomic E-state index is 0.0488. The fraction of sp³-hybridized carbons (Fsp3) is 0.429. The number of alkyl carbamates (subject to hydrolysis) is 1. The molecule has 0 aliphatic heterocycles. The van der Waals surface area contributed by atoms with Gasteiger partial charge in [-0.1, -0.05) is 57.7 Å². The molecule has 1 N–H and O–H groups in total. The van der Waals surface area contributed by atoms with Gasteiger partial charge >= 0.3 is 18.0 Å². The van der Waals surface area contributed by atoms with Crippen LogP contribution < -0.4 is 5.32 Å². The van der Waals surface area contributed by atoms with Crippen LogP contribution in [0.15, 0.2) is 60.8 Å². The normalized spacial score (nSPS) is 12.8. The molecule has 0 fully saturated rings. The second-order valence-electron chi connectivity index (χ2n) is 12.5. The average Bonchev–Trinajstić information content (AvgIpc) is 3.43. The highest BCUT2D eigenvalue weighted by atomic mass is 28.2. The van der Waals surface area contributed by atoms with Crippen LogP contribution >= 0.6 is 0 Å². The van der Waals surface area contributed by atoms with Crippen LogP contribution in [0, 0.1) is 17.0 Å². The lowest BCUT2D eigenvalue weighted by Gasteiger charge is -2.41. The van der Waals surface area contributed by atoms with Gasteiger partial charge in [0.15, 0.2) is 6.61 Å². The van der Waals surface area contributed by atoms with Gasteiger partial charge < -0.3 is 29.0 Å². The van der Waals surface area contributed by atoms with Crippen molar-refractivity contribution in [3.8, 4) is 11.1 Å². The predicted molar refractivity (Wildman–Crippen MR) is 180 cm³/mol. The van der Waals surface area contributed by atoms with Gasteiger partial charge in [-0.25, -0.2) is 18.4 Å². The number of nitrogens with one attached hydrogen (secondary N) is 1. The van der Waals surface area contributed by atoms with E-state index < -0.39 is 59.7 Å². The topological polar surface area (TPSA) is 116 Å². The first-order chi connectivity index (χ1) is 22.7. The monoisotopic (exact) mass is 685 g/mol. The van der Waals surface area contributed by atoms with Gasteiger partial charge in [-0.2, -0.15) is 0 Å². The first-order valence-electron chi connectivity index (χ1n) is 15.9. The molecule has 0 aliphatic carbocycles. The van der Waals surface area contributed by atoms with Crippen molar-refractivity contribution in [1.82, 2.24) is 14.8 Å². The smallest absolute Gasteiger partial charge is 0.407 e. The van der Waals surface area contributed by atoms with Gasteiger partial charge in [-0.3, -0.25) is 9.59 Å². The van der Waals surface area contributed by atoms with E-state index in [-0.39, 0.29) is 34.7 Å². The van der Waals surface area contributed by atoms with E-state index in [1.807, 2.05) is 55.7 Å². The highest BCUT2D eigenvalue weighted by molar-refractivity contribution is 6.33. The summed E-state index contributed by atoms with van der Waals surface area (Å²) in [4.78, 5) is 52.4. The van der Waals surface area contributed by atoms with Crippen LogP contribution in [-0.4, -0.2) is 75.8 Å². The Kier molecular flexibility index (Phi) is 13.9. The molecule has 3 rings (SSSR count). The number of hydrogen-bond acceptors (Lipinski definition) is 7. The van der Waals surface area contributed by atoms with Crippen LogP contribution in [-0.2, 0) is 35.1 Å². The number of ether oxygens (including phenoxy) is 3. The van der Waals surface area contributed by atoms with Crippen molar-refractivity contribution in [2.24, 2.45) is 5.41 Å². The van der Waals surface area contributed by atoms with Crippen LogP contribution in [0.3, 0.4) is 0 Å². The van der Waals surface area contributed by atoms with Crippen molar-refractivity contribution in [3.63, 3.8) is 0 Å². The molecule has 13 heteroatoms. The summed E-state index contributed by atoms with van der Waals surface area (Å²) in [5.41, 5.74) is 1.27. The summed E-state index contributed by atoms with van der Waals surface area (Å²) in [6.07, 6.45) is 0.867. The van der Waals surface area contributed by atoms with E-state index in [0.717, 1.165) is 29.8 Å². The zero-order chi connectivity index (χ0) is 35.4. The van der Waals surface area contributed by atoms with E-state index in [4.69, 9.17) is 14.2 Å². The van der Waals surface area contributed by atoms with E-state index in [1.54, 1.807) is 12.3 Å². The molecule has 1 heterocycles. The standard InChI is InChI=1S/C35H45F2N3O7Si/c1-23(41)47-22-31(42)40(15-14-29(33(43)45-5)38-34(44)46-16-17-48-6)32(35(2,3)4)30-18-25(27-19-26(36)12-13-28(27)37)21-39(30)20-24-10-8-7-9-11-24/h7-13,18-19,21,29,32H,14-17,20,22,48H2,1-6H3,(H,38,44)/t29-,32-/m0/s1. The number of hydrogen-bond donors (Lipinski definition) is 1. The number of methoxy groups -OCH3 is 1. The Balaban J connectivity index is 2.13. The molecule has 3 aromatic rings. The summed E-state index contributed by atoms with van der Waals surface area (Å²) in [7, 11) is 0.865. The van der Waals surface area contributed by atoms with Crippen molar-refractivity contribution in [2.75, 3.05) is 26.9 Å². The molecule has 0 aliphatic rings. The Morgan fingerprint density at radius 3 is 2.35 bits per heavy atom. The fourth-order valence-corrected chi connectivity index (χ4v) is 5.84. The average molecular weight is 686 g/mol. The first kappa shape index (κ1) is 37.9. The Morgan fingerprint density at radius 2 is 1.73 bits per heavy atom. The number of rotatable bonds is 15. The number of halogens is 2. The summed E-state index contributed by atoms with van der Waals surface area (Å²) in [5, 5.41) is 2.54. The summed E-state index contributed by atoms with van der Waals surface area (Å²) in [5.74, 6) is -3.16. The van der Waals surface area contributed by atoms with E-state index in [2.05, 4.69) is 11.9 Å². The van der Waals surface area contributed by atoms with Crippen LogP contribution in [0.1, 0.15) is 51.4 Å². The van der Waals surface area contributed by atoms with Crippen LogP contribution in [0.25, 0.3) is 11.1 Å². The third-order valence-electron chi connectivity index (χ3n) is 7.66. The third kappa shape index (κ3) is 10.8. The molecule has 0 unspecified atom stereocenters. The molecule has 48 heavy (non-hydrogen) atoms. The van der Waals surface area contributed by atoms with Gasteiger partial charge in [0.25, 0.3) is 5.91 Å². The van der Waals surface area contributed by atoms with Crippen molar-refractivity contribution < 1.29 is 42.2 Å². The maximum absolute atomic E-state index is 15.1. The number of carbonyl (C=O) groups excluding carboxylic acids is 4. The van der Waals surface area contributed by atoms with Crippen molar-refractivity contribution in [2.45, 2.75) is 65.3 Å². The third-order valence-corrected chi connectivity index (χ3v) is 8.66. The Bertz CT molecular complexity index is 1560. The molecule has 0 spiro atoms. The lowest BCUT2D eigenvalue weighted by atomic mass is 9.82. The molecule has 2 amide bonds. The van der Waals surface area contributed by atoms with Gasteiger partial charge in [0.05, 0.1) is 19.8 Å². The zero-order valence-corrected chi connectivity index (χ0v) is 29.8. The maximum Gasteiger partial charge on any atom is 0.407 e. The molecule has 260 valence electrons. The largest absolute Gasteiger partial charge is 0.467 e. The molecular formula is C35H45F2N3O7Si. The van der Waals surface area contributed by atoms with Gasteiger partial charge in [0, 0.05) is 52.6 Å². The van der Waals surface area contributed by atoms with E-state index >= 15 is 4.39 Å². The Labute approximate surface area is 282 Å². The predicted octanol–water partition coefficient (Wildman–Crippen LogP) is 5.25. The fourth-order valence-electron chi connectivity index (χ4n) is 5.41. The molecule has 0 saturated heterocycles. The molecule has 2 atom stereocenters. The van der Waals surface area contributed by atoms with Crippen LogP contribution in [0.4, 0.5) is 13.6 Å². The minimum atomic E-state index is -1.15. The van der Waals surface area contributed by atoms with Crippen LogP contribution in [0.2, 0.25) is 12.6 Å². The van der Waals surface area contributed by atoms with Crippen molar-refractivity contribution in [3.05, 3.63) is 83.7 Å². The number of nitrogens with zero attached hydrogens (tertiary/aromatic N) is 2. The second-order valence-corrected chi connectivity index (χ2v) is 14.2. The number of amides is 2. The van der Waals surface area contributed by atoms with Gasteiger partial charge in [-0.15, -0.1) is 0 Å². The highest BCUT2D eigenvalue weighted by Gasteiger charge is 2.38. The van der Waals surface area contributed by atoms with Gasteiger partial charge in [0.2, 0.25) is 0 Å². The number of carbonyl (C=O) groups is 4. The van der Waals surface area contributed by atoms with Gasteiger partial charge in [0.1, 0.15) is 17.7 Å². The van der Waals surface area contributed by atoms with E-state index in [1.165, 1.54) is 18.9 Å². The van der Waals surface area contributed by atoms with Crippen molar-refractivity contribution >= 4 is 33.5 Å². The molecule has 2 aromatic carbocycles. The quantitative estimate of drug-likeness (QED) is 0.101. The van der Waals surface area contributed by atoms with Gasteiger partial charge in [-0.05, 0) is 47.7 Å². The molecular weight excluding hydrogens is 640 g/mol. The lowest BCUT2D eigenvalue weighted by molar-refractivity contribution is -0.153. The molecule has 10 nitrogen and oxygen atoms in total. The molecule has 0 bridgehead atoms. The zero-order valence-electron chi connectivity index (χ0n) is 28.4. The number of aromatic nitrogens is 1. The molecule has 0 saturated carbocycles. The summed E-state index contributed by atoms with van der Waals surface area (Å²) in [6, 6.07) is 13.3. The minimum Gasteiger partial charge on any atom is -0.467 e. The van der Waals surface area contributed by atoms with Crippen LogP contribution in [0.5, 0.6) is 0 Å². The maximum atomic E-state index is 15.1. The number of benzene rings is 2. The lowest BCUT2D eigenvalue weighted by Crippen LogP contribution is -2.48. The van der Waals surface area contributed by atoms with E-state index in [0.29, 0.717) is 17.8 Å². The second kappa shape index (κ2) is 17.6. The molecule has 1 aromatic heterocycles. The Hall–Kier alpha value is -4.52. The van der Waals surface area contributed by atoms with E-state index in [9.17, 15) is 23.6 Å². The first-order valence-corrected chi connectivity index (χ1v) is 18.3. The Morgan fingerprint density at radius 1 is 1.02 bits per heavy atom.